The molecule has 0 saturated carbocycles. The largest absolute Gasteiger partial charge is 0.302 e. The van der Waals surface area contributed by atoms with Gasteiger partial charge in [-0.25, -0.2) is 5.14 Å². The van der Waals surface area contributed by atoms with Gasteiger partial charge in [0.05, 0.1) is 0 Å². The van der Waals surface area contributed by atoms with E-state index < -0.39 is 15.7 Å². The Bertz CT molecular complexity index is 312. The summed E-state index contributed by atoms with van der Waals surface area (Å²) in [6.07, 6.45) is 0. The number of hydrogen-bond acceptors (Lipinski definition) is 3. The molecule has 0 aromatic heterocycles. The van der Waals surface area contributed by atoms with Gasteiger partial charge in [-0.05, 0) is 34.7 Å². The maximum absolute atomic E-state index is 11.4. The van der Waals surface area contributed by atoms with Crippen LogP contribution in [0.1, 0.15) is 34.6 Å². The van der Waals surface area contributed by atoms with Crippen molar-refractivity contribution in [1.29, 1.82) is 0 Å². The first-order chi connectivity index (χ1) is 7.02. The fourth-order valence-corrected chi connectivity index (χ4v) is 2.93. The summed E-state index contributed by atoms with van der Waals surface area (Å²) in [7, 11) is -1.66. The minimum Gasteiger partial charge on any atom is -0.302 e. The molecule has 6 heteroatoms. The van der Waals surface area contributed by atoms with Crippen LogP contribution in [0, 0.1) is 0 Å². The van der Waals surface area contributed by atoms with Crippen LogP contribution in [0.25, 0.3) is 0 Å². The zero-order chi connectivity index (χ0) is 13.1. The van der Waals surface area contributed by atoms with Crippen LogP contribution < -0.4 is 5.14 Å². The van der Waals surface area contributed by atoms with Gasteiger partial charge in [-0.2, -0.15) is 12.7 Å². The molecule has 0 radical (unpaired) electrons. The predicted molar refractivity (Wildman–Crippen MR) is 67.3 cm³/mol. The van der Waals surface area contributed by atoms with Gasteiger partial charge in [0.15, 0.2) is 0 Å². The lowest BCUT2D eigenvalue weighted by molar-refractivity contribution is 0.142. The number of rotatable bonds is 6. The van der Waals surface area contributed by atoms with Gasteiger partial charge in [-0.1, -0.05) is 6.92 Å². The van der Waals surface area contributed by atoms with Crippen LogP contribution in [0.5, 0.6) is 0 Å². The standard InChI is InChI=1S/C10H25N3O2S/c1-7-13(16(11,14)15)10(4,5)8-12(6)9(2)3/h9H,7-8H2,1-6H3,(H2,11,14,15). The molecule has 0 atom stereocenters. The highest BCUT2D eigenvalue weighted by atomic mass is 32.2. The van der Waals surface area contributed by atoms with Crippen LogP contribution >= 0.6 is 0 Å². The average Bonchev–Trinajstić information content (AvgIpc) is 1.99. The molecule has 0 aliphatic rings. The summed E-state index contributed by atoms with van der Waals surface area (Å²) < 4.78 is 24.2. The number of nitrogens with zero attached hydrogens (tertiary/aromatic N) is 2. The zero-order valence-corrected chi connectivity index (χ0v) is 12.0. The van der Waals surface area contributed by atoms with Gasteiger partial charge in [0.1, 0.15) is 0 Å². The topological polar surface area (TPSA) is 66.6 Å². The van der Waals surface area contributed by atoms with Crippen LogP contribution in [0.15, 0.2) is 0 Å². The fraction of sp³-hybridized carbons (Fsp3) is 1.00. The van der Waals surface area contributed by atoms with E-state index in [1.54, 1.807) is 6.92 Å². The molecule has 0 spiro atoms. The van der Waals surface area contributed by atoms with E-state index in [1.165, 1.54) is 4.31 Å². The minimum atomic E-state index is -3.64. The van der Waals surface area contributed by atoms with Crippen molar-refractivity contribution in [3.05, 3.63) is 0 Å². The zero-order valence-electron chi connectivity index (χ0n) is 11.2. The van der Waals surface area contributed by atoms with Crippen LogP contribution in [0.4, 0.5) is 0 Å². The van der Waals surface area contributed by atoms with Crippen LogP contribution in [0.2, 0.25) is 0 Å². The molecule has 0 unspecified atom stereocenters. The molecule has 0 aliphatic heterocycles. The van der Waals surface area contributed by atoms with Crippen LogP contribution in [-0.2, 0) is 10.2 Å². The molecule has 2 N–H and O–H groups in total. The second-order valence-electron chi connectivity index (χ2n) is 5.03. The third kappa shape index (κ3) is 4.37. The van der Waals surface area contributed by atoms with Gasteiger partial charge < -0.3 is 4.90 Å². The number of nitrogens with two attached hydrogens (primary N) is 1. The molecule has 0 bridgehead atoms. The third-order valence-electron chi connectivity index (χ3n) is 2.79. The van der Waals surface area contributed by atoms with Gasteiger partial charge in [-0.15, -0.1) is 0 Å². The summed E-state index contributed by atoms with van der Waals surface area (Å²) in [5, 5.41) is 5.21. The highest BCUT2D eigenvalue weighted by molar-refractivity contribution is 7.86. The Balaban J connectivity index is 4.89. The molecule has 0 rings (SSSR count). The second kappa shape index (κ2) is 5.44. The summed E-state index contributed by atoms with van der Waals surface area (Å²) in [5.74, 6) is 0. The fourth-order valence-electron chi connectivity index (χ4n) is 1.82. The molecule has 0 amide bonds. The molecular formula is C10H25N3O2S. The van der Waals surface area contributed by atoms with Crippen molar-refractivity contribution in [3.63, 3.8) is 0 Å². The maximum Gasteiger partial charge on any atom is 0.277 e. The van der Waals surface area contributed by atoms with E-state index in [9.17, 15) is 8.42 Å². The second-order valence-corrected chi connectivity index (χ2v) is 6.50. The molecule has 0 saturated heterocycles. The minimum absolute atomic E-state index is 0.374. The van der Waals surface area contributed by atoms with Crippen molar-refractivity contribution < 1.29 is 8.42 Å². The molecular weight excluding hydrogens is 226 g/mol. The Morgan fingerprint density at radius 3 is 2.00 bits per heavy atom. The first-order valence-corrected chi connectivity index (χ1v) is 7.03. The Morgan fingerprint density at radius 2 is 1.75 bits per heavy atom. The number of hydrogen-bond donors (Lipinski definition) is 1. The van der Waals surface area contributed by atoms with Gasteiger partial charge in [0, 0.05) is 24.7 Å². The normalized spacial score (nSPS) is 14.1. The summed E-state index contributed by atoms with van der Waals surface area (Å²) in [5.41, 5.74) is -0.499. The summed E-state index contributed by atoms with van der Waals surface area (Å²) in [6.45, 7) is 10.8. The van der Waals surface area contributed by atoms with E-state index in [-0.39, 0.29) is 0 Å². The van der Waals surface area contributed by atoms with Crippen molar-refractivity contribution >= 4 is 10.2 Å². The van der Waals surface area contributed by atoms with Gasteiger partial charge in [-0.3, -0.25) is 0 Å². The molecule has 98 valence electrons. The van der Waals surface area contributed by atoms with Crippen molar-refractivity contribution in [2.24, 2.45) is 5.14 Å². The Morgan fingerprint density at radius 1 is 1.31 bits per heavy atom. The monoisotopic (exact) mass is 251 g/mol. The van der Waals surface area contributed by atoms with Gasteiger partial charge in [0.2, 0.25) is 0 Å². The molecule has 0 aromatic rings. The Kier molecular flexibility index (Phi) is 5.38. The first kappa shape index (κ1) is 15.8. The number of likely N-dealkylation sites (N-methyl/N-ethyl adjacent to an activating group) is 2. The molecule has 16 heavy (non-hydrogen) atoms. The lowest BCUT2D eigenvalue weighted by Crippen LogP contribution is -2.56. The summed E-state index contributed by atoms with van der Waals surface area (Å²) >= 11 is 0. The third-order valence-corrected chi connectivity index (χ3v) is 4.15. The van der Waals surface area contributed by atoms with E-state index >= 15 is 0 Å². The van der Waals surface area contributed by atoms with Crippen molar-refractivity contribution in [2.45, 2.75) is 46.2 Å². The molecule has 0 aliphatic carbocycles. The Labute approximate surface area is 99.8 Å². The van der Waals surface area contributed by atoms with Crippen molar-refractivity contribution in [1.82, 2.24) is 9.21 Å². The van der Waals surface area contributed by atoms with Gasteiger partial charge >= 0.3 is 0 Å². The average molecular weight is 251 g/mol. The van der Waals surface area contributed by atoms with E-state index in [0.29, 0.717) is 19.1 Å². The smallest absolute Gasteiger partial charge is 0.277 e. The lowest BCUT2D eigenvalue weighted by Gasteiger charge is -2.39. The maximum atomic E-state index is 11.4. The SMILES string of the molecule is CCN(C(C)(C)CN(C)C(C)C)S(N)(=O)=O. The van der Waals surface area contributed by atoms with Crippen molar-refractivity contribution in [3.8, 4) is 0 Å². The molecule has 0 heterocycles. The quantitative estimate of drug-likeness (QED) is 0.753. The molecule has 0 aromatic carbocycles. The van der Waals surface area contributed by atoms with Crippen LogP contribution in [-0.4, -0.2) is 49.3 Å². The van der Waals surface area contributed by atoms with E-state index in [2.05, 4.69) is 18.7 Å². The molecule has 5 nitrogen and oxygen atoms in total. The summed E-state index contributed by atoms with van der Waals surface area (Å²) in [6, 6.07) is 0.374. The van der Waals surface area contributed by atoms with E-state index in [4.69, 9.17) is 5.14 Å². The summed E-state index contributed by atoms with van der Waals surface area (Å²) in [4.78, 5) is 2.10. The van der Waals surface area contributed by atoms with Crippen LogP contribution in [0.3, 0.4) is 0 Å². The predicted octanol–water partition coefficient (Wildman–Crippen LogP) is 0.631. The highest BCUT2D eigenvalue weighted by Gasteiger charge is 2.34. The van der Waals surface area contributed by atoms with E-state index in [1.807, 2.05) is 20.9 Å². The molecule has 0 fully saturated rings. The van der Waals surface area contributed by atoms with Crippen molar-refractivity contribution in [2.75, 3.05) is 20.1 Å². The Hall–Kier alpha value is -0.170. The lowest BCUT2D eigenvalue weighted by atomic mass is 10.0. The highest BCUT2D eigenvalue weighted by Crippen LogP contribution is 2.18. The first-order valence-electron chi connectivity index (χ1n) is 5.53. The van der Waals surface area contributed by atoms with E-state index in [0.717, 1.165) is 0 Å². The van der Waals surface area contributed by atoms with Gasteiger partial charge in [0.25, 0.3) is 10.2 Å².